The van der Waals surface area contributed by atoms with Crippen LogP contribution < -0.4 is 5.32 Å². The Kier molecular flexibility index (Phi) is 2.54. The first-order valence-corrected chi connectivity index (χ1v) is 5.35. The number of rotatable bonds is 0. The van der Waals surface area contributed by atoms with Crippen LogP contribution in [0.2, 0.25) is 0 Å². The summed E-state index contributed by atoms with van der Waals surface area (Å²) in [6, 6.07) is 5.86. The van der Waals surface area contributed by atoms with E-state index in [1.165, 1.54) is 0 Å². The van der Waals surface area contributed by atoms with E-state index < -0.39 is 0 Å². The van der Waals surface area contributed by atoms with Crippen molar-refractivity contribution in [1.29, 1.82) is 0 Å². The van der Waals surface area contributed by atoms with Gasteiger partial charge >= 0.3 is 0 Å². The second-order valence-electron chi connectivity index (χ2n) is 2.75. The topological polar surface area (TPSA) is 12.0 Å². The molecule has 0 saturated heterocycles. The van der Waals surface area contributed by atoms with E-state index in [2.05, 4.69) is 21.2 Å². The molecule has 1 heterocycles. The van der Waals surface area contributed by atoms with Gasteiger partial charge in [0.25, 0.3) is 0 Å². The van der Waals surface area contributed by atoms with E-state index in [1.807, 2.05) is 18.2 Å². The lowest BCUT2D eigenvalue weighted by Gasteiger charge is -2.19. The summed E-state index contributed by atoms with van der Waals surface area (Å²) in [7, 11) is 0. The number of hydrogen-bond acceptors (Lipinski definition) is 1. The Balaban J connectivity index is 2.54. The molecule has 0 spiro atoms. The van der Waals surface area contributed by atoms with Gasteiger partial charge in [-0.1, -0.05) is 45.2 Å². The molecule has 0 saturated carbocycles. The molecule has 0 radical (unpaired) electrons. The zero-order valence-electron chi connectivity index (χ0n) is 6.52. The smallest absolute Gasteiger partial charge is 0.122 e. The van der Waals surface area contributed by atoms with E-state index in [-0.39, 0.29) is 5.50 Å². The largest absolute Gasteiger partial charge is 0.365 e. The number of alkyl halides is 1. The first-order valence-electron chi connectivity index (χ1n) is 3.74. The summed E-state index contributed by atoms with van der Waals surface area (Å²) in [5.74, 6) is 0. The third-order valence-corrected chi connectivity index (χ3v) is 2.88. The predicted molar refractivity (Wildman–Crippen MR) is 61.2 cm³/mol. The van der Waals surface area contributed by atoms with Gasteiger partial charge in [0.1, 0.15) is 5.50 Å². The van der Waals surface area contributed by atoms with E-state index in [4.69, 9.17) is 23.2 Å². The molecule has 13 heavy (non-hydrogen) atoms. The fourth-order valence-corrected chi connectivity index (χ4v) is 2.21. The van der Waals surface area contributed by atoms with Gasteiger partial charge in [0.2, 0.25) is 0 Å². The Bertz CT molecular complexity index is 376. The van der Waals surface area contributed by atoms with Crippen molar-refractivity contribution in [3.05, 3.63) is 34.3 Å². The number of hydrogen-bond donors (Lipinski definition) is 1. The van der Waals surface area contributed by atoms with Crippen LogP contribution in [0.15, 0.2) is 28.7 Å². The van der Waals surface area contributed by atoms with Crippen molar-refractivity contribution in [2.24, 2.45) is 0 Å². The van der Waals surface area contributed by atoms with Crippen LogP contribution in [0.4, 0.5) is 5.69 Å². The Morgan fingerprint density at radius 3 is 2.92 bits per heavy atom. The zero-order chi connectivity index (χ0) is 9.42. The number of fused-ring (bicyclic) bond motifs is 1. The van der Waals surface area contributed by atoms with Crippen LogP contribution in [0.3, 0.4) is 0 Å². The molecule has 0 amide bonds. The van der Waals surface area contributed by atoms with Crippen LogP contribution in [0.5, 0.6) is 0 Å². The van der Waals surface area contributed by atoms with Gasteiger partial charge < -0.3 is 5.32 Å². The highest BCUT2D eigenvalue weighted by Gasteiger charge is 2.15. The lowest BCUT2D eigenvalue weighted by atomic mass is 10.1. The maximum Gasteiger partial charge on any atom is 0.122 e. The standard InChI is InChI=1S/C9H6BrCl2N/c10-5-1-2-6-7(11)4-9(12)13-8(6)3-5/h1-4,9,13H. The Labute approximate surface area is 94.9 Å². The summed E-state index contributed by atoms with van der Waals surface area (Å²) in [5.41, 5.74) is 1.72. The van der Waals surface area contributed by atoms with Crippen molar-refractivity contribution >= 4 is 49.9 Å². The second-order valence-corrected chi connectivity index (χ2v) is 4.54. The maximum atomic E-state index is 6.02. The van der Waals surface area contributed by atoms with Gasteiger partial charge in [-0.3, -0.25) is 0 Å². The summed E-state index contributed by atoms with van der Waals surface area (Å²) >= 11 is 15.3. The van der Waals surface area contributed by atoms with Gasteiger partial charge in [-0.25, -0.2) is 0 Å². The molecule has 1 atom stereocenters. The van der Waals surface area contributed by atoms with Gasteiger partial charge in [-0.2, -0.15) is 0 Å². The van der Waals surface area contributed by atoms with Crippen LogP contribution in [-0.4, -0.2) is 5.50 Å². The molecule has 0 bridgehead atoms. The lowest BCUT2D eigenvalue weighted by molar-refractivity contribution is 1.21. The Hall–Kier alpha value is -0.180. The fourth-order valence-electron chi connectivity index (χ4n) is 1.25. The molecule has 68 valence electrons. The fraction of sp³-hybridized carbons (Fsp3) is 0.111. The highest BCUT2D eigenvalue weighted by molar-refractivity contribution is 9.10. The summed E-state index contributed by atoms with van der Waals surface area (Å²) in [5, 5.41) is 3.80. The molecule has 1 nitrogen and oxygen atoms in total. The van der Waals surface area contributed by atoms with Gasteiger partial charge in [0, 0.05) is 20.8 Å². The molecular weight excluding hydrogens is 273 g/mol. The van der Waals surface area contributed by atoms with E-state index >= 15 is 0 Å². The molecular formula is C9H6BrCl2N. The lowest BCUT2D eigenvalue weighted by Crippen LogP contribution is -2.14. The van der Waals surface area contributed by atoms with Gasteiger partial charge in [0.05, 0.1) is 0 Å². The molecule has 2 rings (SSSR count). The first kappa shape index (κ1) is 9.38. The molecule has 1 N–H and O–H groups in total. The van der Waals surface area contributed by atoms with Crippen molar-refractivity contribution in [1.82, 2.24) is 0 Å². The minimum absolute atomic E-state index is 0.228. The third kappa shape index (κ3) is 1.85. The summed E-state index contributed by atoms with van der Waals surface area (Å²) < 4.78 is 1.01. The molecule has 4 heteroatoms. The highest BCUT2D eigenvalue weighted by Crippen LogP contribution is 2.34. The van der Waals surface area contributed by atoms with Crippen molar-refractivity contribution in [3.63, 3.8) is 0 Å². The molecule has 1 aromatic carbocycles. The number of benzene rings is 1. The monoisotopic (exact) mass is 277 g/mol. The summed E-state index contributed by atoms with van der Waals surface area (Å²) in [4.78, 5) is 0. The average Bonchev–Trinajstić information content (AvgIpc) is 2.02. The minimum atomic E-state index is -0.228. The van der Waals surface area contributed by atoms with Crippen LogP contribution in [0, 0.1) is 0 Å². The van der Waals surface area contributed by atoms with Crippen molar-refractivity contribution in [2.45, 2.75) is 5.50 Å². The molecule has 1 aromatic rings. The van der Waals surface area contributed by atoms with Crippen LogP contribution >= 0.6 is 39.1 Å². The molecule has 1 aliphatic heterocycles. The molecule has 1 unspecified atom stereocenters. The van der Waals surface area contributed by atoms with Gasteiger partial charge in [-0.05, 0) is 18.2 Å². The summed E-state index contributed by atoms with van der Waals surface area (Å²) in [6.07, 6.45) is 1.78. The van der Waals surface area contributed by atoms with E-state index in [0.29, 0.717) is 5.03 Å². The quantitative estimate of drug-likeness (QED) is 0.558. The van der Waals surface area contributed by atoms with E-state index in [1.54, 1.807) is 6.08 Å². The molecule has 1 aliphatic rings. The van der Waals surface area contributed by atoms with Crippen molar-refractivity contribution in [3.8, 4) is 0 Å². The van der Waals surface area contributed by atoms with Crippen LogP contribution in [0.25, 0.3) is 5.03 Å². The van der Waals surface area contributed by atoms with Crippen LogP contribution in [0.1, 0.15) is 5.56 Å². The average molecular weight is 279 g/mol. The normalized spacial score (nSPS) is 20.2. The predicted octanol–water partition coefficient (Wildman–Crippen LogP) is 4.02. The van der Waals surface area contributed by atoms with Crippen LogP contribution in [-0.2, 0) is 0 Å². The Morgan fingerprint density at radius 1 is 1.38 bits per heavy atom. The minimum Gasteiger partial charge on any atom is -0.365 e. The number of anilines is 1. The van der Waals surface area contributed by atoms with Gasteiger partial charge in [0.15, 0.2) is 0 Å². The first-order chi connectivity index (χ1) is 6.16. The molecule has 0 fully saturated rings. The van der Waals surface area contributed by atoms with Crippen molar-refractivity contribution in [2.75, 3.05) is 5.32 Å². The summed E-state index contributed by atoms with van der Waals surface area (Å²) in [6.45, 7) is 0. The highest BCUT2D eigenvalue weighted by atomic mass is 79.9. The molecule has 0 aromatic heterocycles. The Morgan fingerprint density at radius 2 is 2.15 bits per heavy atom. The number of halogens is 3. The second kappa shape index (κ2) is 3.52. The number of nitrogens with one attached hydrogen (secondary N) is 1. The van der Waals surface area contributed by atoms with Gasteiger partial charge in [-0.15, -0.1) is 0 Å². The van der Waals surface area contributed by atoms with E-state index in [9.17, 15) is 0 Å². The molecule has 0 aliphatic carbocycles. The van der Waals surface area contributed by atoms with Crippen molar-refractivity contribution < 1.29 is 0 Å². The third-order valence-electron chi connectivity index (χ3n) is 1.82. The van der Waals surface area contributed by atoms with E-state index in [0.717, 1.165) is 15.7 Å². The zero-order valence-corrected chi connectivity index (χ0v) is 9.62. The SMILES string of the molecule is ClC1=CC(Cl)Nc2cc(Br)ccc21. The maximum absolute atomic E-state index is 6.02.